The van der Waals surface area contributed by atoms with Crippen LogP contribution in [0.3, 0.4) is 0 Å². The van der Waals surface area contributed by atoms with Crippen molar-refractivity contribution < 1.29 is 0 Å². The first kappa shape index (κ1) is 13.3. The van der Waals surface area contributed by atoms with Crippen LogP contribution in [0.1, 0.15) is 23.9 Å². The molecular formula is C13H25N3. The number of hydrogen-bond acceptors (Lipinski definition) is 2. The Labute approximate surface area is 99.4 Å². The van der Waals surface area contributed by atoms with Crippen LogP contribution in [0.5, 0.6) is 0 Å². The SMILES string of the molecule is Cc1cc(CNCC(C)N(C)C)c(C)n1C. The van der Waals surface area contributed by atoms with Crippen LogP contribution in [0.15, 0.2) is 6.07 Å². The Hall–Kier alpha value is -0.800. The molecule has 1 aromatic rings. The first-order valence-corrected chi connectivity index (χ1v) is 5.92. The van der Waals surface area contributed by atoms with Crippen LogP contribution >= 0.6 is 0 Å². The fourth-order valence-electron chi connectivity index (χ4n) is 1.71. The molecule has 3 heteroatoms. The van der Waals surface area contributed by atoms with Crippen LogP contribution in [0, 0.1) is 13.8 Å². The van der Waals surface area contributed by atoms with Gasteiger partial charge in [0.2, 0.25) is 0 Å². The smallest absolute Gasteiger partial charge is 0.0223 e. The first-order chi connectivity index (χ1) is 7.43. The molecule has 3 nitrogen and oxygen atoms in total. The Morgan fingerprint density at radius 1 is 1.38 bits per heavy atom. The third-order valence-electron chi connectivity index (χ3n) is 3.52. The number of rotatable bonds is 5. The molecule has 0 aliphatic carbocycles. The highest BCUT2D eigenvalue weighted by Gasteiger charge is 2.07. The molecular weight excluding hydrogens is 198 g/mol. The van der Waals surface area contributed by atoms with E-state index in [-0.39, 0.29) is 0 Å². The van der Waals surface area contributed by atoms with Crippen molar-refractivity contribution in [1.29, 1.82) is 0 Å². The van der Waals surface area contributed by atoms with Crippen molar-refractivity contribution in [2.45, 2.75) is 33.4 Å². The molecule has 1 N–H and O–H groups in total. The Kier molecular flexibility index (Phi) is 4.56. The summed E-state index contributed by atoms with van der Waals surface area (Å²) in [4.78, 5) is 2.23. The molecule has 16 heavy (non-hydrogen) atoms. The Bertz CT molecular complexity index is 339. The minimum atomic E-state index is 0.574. The molecule has 1 heterocycles. The summed E-state index contributed by atoms with van der Waals surface area (Å²) in [5.41, 5.74) is 4.10. The summed E-state index contributed by atoms with van der Waals surface area (Å²) in [5.74, 6) is 0. The highest BCUT2D eigenvalue weighted by Crippen LogP contribution is 2.12. The molecule has 0 saturated carbocycles. The minimum Gasteiger partial charge on any atom is -0.352 e. The lowest BCUT2D eigenvalue weighted by atomic mass is 10.2. The maximum atomic E-state index is 3.51. The fourth-order valence-corrected chi connectivity index (χ4v) is 1.71. The maximum Gasteiger partial charge on any atom is 0.0223 e. The molecule has 0 spiro atoms. The van der Waals surface area contributed by atoms with Crippen LogP contribution < -0.4 is 5.32 Å². The number of aromatic nitrogens is 1. The van der Waals surface area contributed by atoms with Crippen LogP contribution in [0.25, 0.3) is 0 Å². The van der Waals surface area contributed by atoms with Gasteiger partial charge in [-0.2, -0.15) is 0 Å². The molecule has 0 aliphatic heterocycles. The summed E-state index contributed by atoms with van der Waals surface area (Å²) >= 11 is 0. The van der Waals surface area contributed by atoms with Crippen molar-refractivity contribution in [1.82, 2.24) is 14.8 Å². The lowest BCUT2D eigenvalue weighted by Crippen LogP contribution is -2.35. The van der Waals surface area contributed by atoms with E-state index in [4.69, 9.17) is 0 Å². The van der Waals surface area contributed by atoms with E-state index in [0.717, 1.165) is 13.1 Å². The van der Waals surface area contributed by atoms with Gasteiger partial charge in [0.25, 0.3) is 0 Å². The topological polar surface area (TPSA) is 20.2 Å². The molecule has 1 rings (SSSR count). The van der Waals surface area contributed by atoms with Crippen LogP contribution in [0.2, 0.25) is 0 Å². The van der Waals surface area contributed by atoms with Gasteiger partial charge in [0.05, 0.1) is 0 Å². The number of likely N-dealkylation sites (N-methyl/N-ethyl adjacent to an activating group) is 1. The highest BCUT2D eigenvalue weighted by atomic mass is 15.1. The zero-order chi connectivity index (χ0) is 12.3. The Morgan fingerprint density at radius 2 is 2.00 bits per heavy atom. The van der Waals surface area contributed by atoms with E-state index in [1.54, 1.807) is 0 Å². The zero-order valence-electron chi connectivity index (χ0n) is 11.5. The van der Waals surface area contributed by atoms with Crippen LogP contribution in [0.4, 0.5) is 0 Å². The van der Waals surface area contributed by atoms with Gasteiger partial charge < -0.3 is 14.8 Å². The average molecular weight is 223 g/mol. The van der Waals surface area contributed by atoms with E-state index < -0.39 is 0 Å². The van der Waals surface area contributed by atoms with E-state index in [2.05, 4.69) is 62.8 Å². The molecule has 0 radical (unpaired) electrons. The van der Waals surface area contributed by atoms with Gasteiger partial charge in [0.1, 0.15) is 0 Å². The number of aryl methyl sites for hydroxylation is 1. The largest absolute Gasteiger partial charge is 0.352 e. The van der Waals surface area contributed by atoms with Crippen LogP contribution in [-0.2, 0) is 13.6 Å². The zero-order valence-corrected chi connectivity index (χ0v) is 11.5. The average Bonchev–Trinajstić information content (AvgIpc) is 2.46. The van der Waals surface area contributed by atoms with E-state index in [9.17, 15) is 0 Å². The first-order valence-electron chi connectivity index (χ1n) is 5.92. The second-order valence-electron chi connectivity index (χ2n) is 4.90. The lowest BCUT2D eigenvalue weighted by Gasteiger charge is -2.20. The van der Waals surface area contributed by atoms with Crippen LogP contribution in [-0.4, -0.2) is 36.1 Å². The molecule has 0 fully saturated rings. The third kappa shape index (κ3) is 3.09. The molecule has 0 saturated heterocycles. The molecule has 0 amide bonds. The summed E-state index contributed by atoms with van der Waals surface area (Å²) in [6, 6.07) is 2.84. The summed E-state index contributed by atoms with van der Waals surface area (Å²) in [6.07, 6.45) is 0. The summed E-state index contributed by atoms with van der Waals surface area (Å²) in [7, 11) is 6.35. The van der Waals surface area contributed by atoms with Gasteiger partial charge in [-0.25, -0.2) is 0 Å². The van der Waals surface area contributed by atoms with Gasteiger partial charge in [-0.15, -0.1) is 0 Å². The number of nitrogens with one attached hydrogen (secondary N) is 1. The molecule has 1 aromatic heterocycles. The predicted octanol–water partition coefficient (Wildman–Crippen LogP) is 1.68. The normalized spacial score (nSPS) is 13.4. The Balaban J connectivity index is 2.46. The highest BCUT2D eigenvalue weighted by molar-refractivity contribution is 5.26. The summed E-state index contributed by atoms with van der Waals surface area (Å²) < 4.78 is 2.24. The van der Waals surface area contributed by atoms with Gasteiger partial charge in [-0.1, -0.05) is 0 Å². The third-order valence-corrected chi connectivity index (χ3v) is 3.52. The summed E-state index contributed by atoms with van der Waals surface area (Å²) in [5, 5.41) is 3.51. The summed E-state index contributed by atoms with van der Waals surface area (Å²) in [6.45, 7) is 8.56. The van der Waals surface area contributed by atoms with Crippen molar-refractivity contribution in [3.8, 4) is 0 Å². The van der Waals surface area contributed by atoms with E-state index in [1.165, 1.54) is 17.0 Å². The van der Waals surface area contributed by atoms with Crippen molar-refractivity contribution in [3.05, 3.63) is 23.0 Å². The van der Waals surface area contributed by atoms with E-state index >= 15 is 0 Å². The molecule has 1 unspecified atom stereocenters. The Morgan fingerprint density at radius 3 is 2.44 bits per heavy atom. The lowest BCUT2D eigenvalue weighted by molar-refractivity contribution is 0.302. The van der Waals surface area contributed by atoms with Crippen molar-refractivity contribution in [3.63, 3.8) is 0 Å². The van der Waals surface area contributed by atoms with Crippen molar-refractivity contribution in [2.75, 3.05) is 20.6 Å². The molecule has 1 atom stereocenters. The standard InChI is InChI=1S/C13H25N3/c1-10-7-13(12(3)16(10)6)9-14-8-11(2)15(4)5/h7,11,14H,8-9H2,1-6H3. The van der Waals surface area contributed by atoms with Gasteiger partial charge in [-0.05, 0) is 46.5 Å². The second-order valence-corrected chi connectivity index (χ2v) is 4.90. The van der Waals surface area contributed by atoms with E-state index in [1.807, 2.05) is 0 Å². The predicted molar refractivity (Wildman–Crippen MR) is 69.7 cm³/mol. The second kappa shape index (κ2) is 5.51. The molecule has 0 bridgehead atoms. The van der Waals surface area contributed by atoms with Gasteiger partial charge >= 0.3 is 0 Å². The number of nitrogens with zero attached hydrogens (tertiary/aromatic N) is 2. The monoisotopic (exact) mass is 223 g/mol. The van der Waals surface area contributed by atoms with Gasteiger partial charge in [-0.3, -0.25) is 0 Å². The number of hydrogen-bond donors (Lipinski definition) is 1. The van der Waals surface area contributed by atoms with E-state index in [0.29, 0.717) is 6.04 Å². The van der Waals surface area contributed by atoms with Gasteiger partial charge in [0.15, 0.2) is 0 Å². The minimum absolute atomic E-state index is 0.574. The maximum absolute atomic E-state index is 3.51. The van der Waals surface area contributed by atoms with Crippen molar-refractivity contribution >= 4 is 0 Å². The molecule has 92 valence electrons. The molecule has 0 aromatic carbocycles. The fraction of sp³-hybridized carbons (Fsp3) is 0.692. The molecule has 0 aliphatic rings. The van der Waals surface area contributed by atoms with Crippen molar-refractivity contribution in [2.24, 2.45) is 7.05 Å². The van der Waals surface area contributed by atoms with Gasteiger partial charge in [0, 0.05) is 37.6 Å². The quantitative estimate of drug-likeness (QED) is 0.819.